The van der Waals surface area contributed by atoms with Gasteiger partial charge in [-0.25, -0.2) is 0 Å². The summed E-state index contributed by atoms with van der Waals surface area (Å²) < 4.78 is 0. The lowest BCUT2D eigenvalue weighted by atomic mass is 10.1. The number of carbonyl (C=O) groups excluding carboxylic acids is 1. The van der Waals surface area contributed by atoms with Gasteiger partial charge in [-0.15, -0.1) is 5.10 Å². The molecular formula is C23H18N4O3S. The van der Waals surface area contributed by atoms with E-state index in [-0.39, 0.29) is 16.8 Å². The van der Waals surface area contributed by atoms with Gasteiger partial charge < -0.3 is 0 Å². The Morgan fingerprint density at radius 1 is 1.00 bits per heavy atom. The molecule has 1 heterocycles. The third-order valence-electron chi connectivity index (χ3n) is 4.64. The van der Waals surface area contributed by atoms with Gasteiger partial charge in [0.15, 0.2) is 5.17 Å². The highest BCUT2D eigenvalue weighted by Gasteiger charge is 2.39. The van der Waals surface area contributed by atoms with Gasteiger partial charge in [-0.05, 0) is 24.1 Å². The van der Waals surface area contributed by atoms with Crippen LogP contribution in [0, 0.1) is 10.1 Å². The van der Waals surface area contributed by atoms with E-state index < -0.39 is 4.92 Å². The number of anilines is 1. The van der Waals surface area contributed by atoms with Crippen molar-refractivity contribution in [1.82, 2.24) is 0 Å². The molecule has 0 saturated carbocycles. The van der Waals surface area contributed by atoms with Gasteiger partial charge in [-0.3, -0.25) is 19.8 Å². The summed E-state index contributed by atoms with van der Waals surface area (Å²) in [7, 11) is 0. The molecule has 1 amide bonds. The Bertz CT molecular complexity index is 1150. The van der Waals surface area contributed by atoms with Crippen molar-refractivity contribution >= 4 is 40.4 Å². The Morgan fingerprint density at radius 2 is 1.71 bits per heavy atom. The van der Waals surface area contributed by atoms with E-state index in [0.717, 1.165) is 11.3 Å². The molecule has 0 N–H and O–H groups in total. The van der Waals surface area contributed by atoms with E-state index in [1.807, 2.05) is 60.7 Å². The second kappa shape index (κ2) is 9.36. The average molecular weight is 430 g/mol. The van der Waals surface area contributed by atoms with Crippen LogP contribution in [0.5, 0.6) is 0 Å². The van der Waals surface area contributed by atoms with Crippen molar-refractivity contribution in [1.29, 1.82) is 0 Å². The fraction of sp³-hybridized carbons (Fsp3) is 0.0870. The number of thioether (sulfide) groups is 1. The van der Waals surface area contributed by atoms with E-state index in [1.54, 1.807) is 17.0 Å². The topological polar surface area (TPSA) is 88.2 Å². The minimum absolute atomic E-state index is 0.0177. The molecule has 1 aliphatic heterocycles. The zero-order valence-electron chi connectivity index (χ0n) is 16.4. The van der Waals surface area contributed by atoms with E-state index in [0.29, 0.717) is 17.2 Å². The molecule has 0 bridgehead atoms. The first-order valence-corrected chi connectivity index (χ1v) is 10.4. The van der Waals surface area contributed by atoms with Crippen LogP contribution in [0.4, 0.5) is 11.4 Å². The number of hydrogen-bond donors (Lipinski definition) is 0. The van der Waals surface area contributed by atoms with Gasteiger partial charge >= 0.3 is 0 Å². The molecular weight excluding hydrogens is 412 g/mol. The highest BCUT2D eigenvalue weighted by Crippen LogP contribution is 2.33. The van der Waals surface area contributed by atoms with E-state index in [1.165, 1.54) is 30.1 Å². The number of para-hydroxylation sites is 1. The average Bonchev–Trinajstić information content (AvgIpc) is 3.10. The highest BCUT2D eigenvalue weighted by atomic mass is 32.2. The maximum absolute atomic E-state index is 13.2. The molecule has 3 aromatic carbocycles. The van der Waals surface area contributed by atoms with Crippen molar-refractivity contribution in [3.05, 3.63) is 106 Å². The molecule has 7 nitrogen and oxygen atoms in total. The summed E-state index contributed by atoms with van der Waals surface area (Å²) in [5, 5.41) is 19.5. The Kier molecular flexibility index (Phi) is 6.18. The Morgan fingerprint density at radius 3 is 2.42 bits per heavy atom. The molecule has 1 unspecified atom stereocenters. The maximum atomic E-state index is 13.2. The Hall–Kier alpha value is -3.78. The first-order valence-electron chi connectivity index (χ1n) is 9.57. The van der Waals surface area contributed by atoms with Crippen molar-refractivity contribution in [3.8, 4) is 0 Å². The van der Waals surface area contributed by atoms with E-state index in [2.05, 4.69) is 10.2 Å². The molecule has 3 aromatic rings. The normalized spacial score (nSPS) is 17.5. The summed E-state index contributed by atoms with van der Waals surface area (Å²) in [6.07, 6.45) is 2.03. The number of benzene rings is 3. The van der Waals surface area contributed by atoms with Crippen molar-refractivity contribution in [2.45, 2.75) is 11.7 Å². The number of non-ortho nitro benzene ring substituents is 1. The van der Waals surface area contributed by atoms with Crippen molar-refractivity contribution in [3.63, 3.8) is 0 Å². The molecule has 0 spiro atoms. The highest BCUT2D eigenvalue weighted by molar-refractivity contribution is 8.16. The van der Waals surface area contributed by atoms with Crippen molar-refractivity contribution in [2.24, 2.45) is 10.2 Å². The number of amidine groups is 1. The van der Waals surface area contributed by atoms with Crippen LogP contribution in [0.25, 0.3) is 0 Å². The molecule has 0 aliphatic carbocycles. The van der Waals surface area contributed by atoms with Crippen LogP contribution >= 0.6 is 11.8 Å². The van der Waals surface area contributed by atoms with Crippen LogP contribution in [0.15, 0.2) is 95.1 Å². The monoisotopic (exact) mass is 430 g/mol. The third-order valence-corrected chi connectivity index (χ3v) is 5.77. The van der Waals surface area contributed by atoms with Gasteiger partial charge in [-0.1, -0.05) is 72.4 Å². The molecule has 0 radical (unpaired) electrons. The zero-order chi connectivity index (χ0) is 21.6. The van der Waals surface area contributed by atoms with Crippen LogP contribution in [0.1, 0.15) is 11.1 Å². The zero-order valence-corrected chi connectivity index (χ0v) is 17.2. The van der Waals surface area contributed by atoms with Gasteiger partial charge in [-0.2, -0.15) is 5.10 Å². The predicted octanol–water partition coefficient (Wildman–Crippen LogP) is 4.68. The molecule has 0 aromatic heterocycles. The number of carbonyl (C=O) groups is 1. The molecule has 1 aliphatic rings. The fourth-order valence-corrected chi connectivity index (χ4v) is 4.30. The Balaban J connectivity index is 1.61. The number of hydrogen-bond acceptors (Lipinski definition) is 6. The van der Waals surface area contributed by atoms with Gasteiger partial charge in [0.2, 0.25) is 5.91 Å². The van der Waals surface area contributed by atoms with E-state index in [9.17, 15) is 14.9 Å². The minimum Gasteiger partial charge on any atom is -0.273 e. The fourth-order valence-electron chi connectivity index (χ4n) is 3.17. The second-order valence-electron chi connectivity index (χ2n) is 6.78. The first-order chi connectivity index (χ1) is 15.1. The summed E-state index contributed by atoms with van der Waals surface area (Å²) in [4.78, 5) is 25.2. The van der Waals surface area contributed by atoms with Gasteiger partial charge in [0.05, 0.1) is 22.1 Å². The largest absolute Gasteiger partial charge is 0.273 e. The predicted molar refractivity (Wildman–Crippen MR) is 124 cm³/mol. The maximum Gasteiger partial charge on any atom is 0.270 e. The minimum atomic E-state index is -0.458. The number of nitro groups is 1. The van der Waals surface area contributed by atoms with Crippen LogP contribution in [-0.4, -0.2) is 27.5 Å². The molecule has 154 valence electrons. The third kappa shape index (κ3) is 4.87. The molecule has 1 atom stereocenters. The second-order valence-corrected chi connectivity index (χ2v) is 7.95. The smallest absolute Gasteiger partial charge is 0.270 e. The number of rotatable bonds is 6. The van der Waals surface area contributed by atoms with Crippen molar-refractivity contribution < 1.29 is 9.72 Å². The number of amides is 1. The van der Waals surface area contributed by atoms with Crippen LogP contribution in [0.3, 0.4) is 0 Å². The molecule has 4 rings (SSSR count). The summed E-state index contributed by atoms with van der Waals surface area (Å²) in [6, 6.07) is 25.3. The lowest BCUT2D eigenvalue weighted by Gasteiger charge is -2.15. The van der Waals surface area contributed by atoms with E-state index >= 15 is 0 Å². The van der Waals surface area contributed by atoms with E-state index in [4.69, 9.17) is 0 Å². The van der Waals surface area contributed by atoms with Crippen LogP contribution in [-0.2, 0) is 11.2 Å². The van der Waals surface area contributed by atoms with Gasteiger partial charge in [0, 0.05) is 17.7 Å². The molecule has 1 fully saturated rings. The molecule has 31 heavy (non-hydrogen) atoms. The van der Waals surface area contributed by atoms with Gasteiger partial charge in [0.1, 0.15) is 0 Å². The molecule has 8 heteroatoms. The summed E-state index contributed by atoms with van der Waals surface area (Å²) >= 11 is 1.36. The number of nitrogens with zero attached hydrogens (tertiary/aromatic N) is 4. The Labute approximate surface area is 183 Å². The SMILES string of the molecule is O=C1C(Cc2ccccc2)S/C(=N/N=C\c2cccc([N+](=O)[O-])c2)N1c1ccccc1. The lowest BCUT2D eigenvalue weighted by Crippen LogP contribution is -2.32. The standard InChI is InChI=1S/C23H18N4O3S/c28-22-21(15-17-8-3-1-4-9-17)31-23(26(22)19-11-5-2-6-12-19)25-24-16-18-10-7-13-20(14-18)27(29)30/h1-14,16,21H,15H2/b24-16-,25-23+. The van der Waals surface area contributed by atoms with Crippen molar-refractivity contribution in [2.75, 3.05) is 4.90 Å². The van der Waals surface area contributed by atoms with Crippen LogP contribution < -0.4 is 4.90 Å². The lowest BCUT2D eigenvalue weighted by molar-refractivity contribution is -0.384. The first kappa shape index (κ1) is 20.5. The summed E-state index contributed by atoms with van der Waals surface area (Å²) in [5.41, 5.74) is 2.33. The summed E-state index contributed by atoms with van der Waals surface area (Å²) in [5.74, 6) is -0.0515. The molecule has 1 saturated heterocycles. The van der Waals surface area contributed by atoms with Crippen LogP contribution in [0.2, 0.25) is 0 Å². The number of nitro benzene ring substituents is 1. The summed E-state index contributed by atoms with van der Waals surface area (Å²) in [6.45, 7) is 0. The van der Waals surface area contributed by atoms with Gasteiger partial charge in [0.25, 0.3) is 5.69 Å². The quantitative estimate of drug-likeness (QED) is 0.323.